The first-order valence-corrected chi connectivity index (χ1v) is 8.63. The summed E-state index contributed by atoms with van der Waals surface area (Å²) in [5.74, 6) is 0.101. The molecular formula is C20H17N3O4. The first-order valence-electron chi connectivity index (χ1n) is 8.63. The van der Waals surface area contributed by atoms with E-state index in [2.05, 4.69) is 15.5 Å². The van der Waals surface area contributed by atoms with Gasteiger partial charge in [-0.05, 0) is 49.2 Å². The molecule has 0 saturated heterocycles. The number of rotatable bonds is 4. The maximum atomic E-state index is 12.5. The molecule has 0 fully saturated rings. The first-order chi connectivity index (χ1) is 13.1. The van der Waals surface area contributed by atoms with Gasteiger partial charge in [-0.15, -0.1) is 10.2 Å². The maximum absolute atomic E-state index is 12.5. The van der Waals surface area contributed by atoms with Gasteiger partial charge >= 0.3 is 5.97 Å². The van der Waals surface area contributed by atoms with Gasteiger partial charge in [0, 0.05) is 17.7 Å². The second kappa shape index (κ2) is 7.03. The number of ether oxygens (including phenoxy) is 1. The monoisotopic (exact) mass is 363 g/mol. The molecule has 0 radical (unpaired) electrons. The Labute approximate surface area is 155 Å². The lowest BCUT2D eigenvalue weighted by molar-refractivity contribution is -0.116. The predicted molar refractivity (Wildman–Crippen MR) is 97.0 cm³/mol. The van der Waals surface area contributed by atoms with E-state index in [1.54, 1.807) is 25.1 Å². The largest absolute Gasteiger partial charge is 0.449 e. The third-order valence-corrected chi connectivity index (χ3v) is 4.33. The van der Waals surface area contributed by atoms with Crippen LogP contribution in [0.25, 0.3) is 11.5 Å². The molecule has 3 aromatic rings. The van der Waals surface area contributed by atoms with Gasteiger partial charge in [-0.25, -0.2) is 4.79 Å². The molecule has 4 rings (SSSR count). The number of benzene rings is 2. The number of nitrogens with zero attached hydrogens (tertiary/aromatic N) is 2. The van der Waals surface area contributed by atoms with Crippen molar-refractivity contribution in [3.63, 3.8) is 0 Å². The van der Waals surface area contributed by atoms with Crippen LogP contribution in [-0.2, 0) is 16.0 Å². The molecule has 0 saturated carbocycles. The molecule has 1 aromatic heterocycles. The summed E-state index contributed by atoms with van der Waals surface area (Å²) < 4.78 is 11.1. The summed E-state index contributed by atoms with van der Waals surface area (Å²) in [6.45, 7) is 1.68. The minimum absolute atomic E-state index is 0.0166. The van der Waals surface area contributed by atoms with Crippen molar-refractivity contribution in [2.75, 3.05) is 5.32 Å². The second-order valence-corrected chi connectivity index (χ2v) is 6.28. The number of esters is 1. The highest BCUT2D eigenvalue weighted by Crippen LogP contribution is 2.26. The molecule has 2 heterocycles. The number of hydrogen-bond acceptors (Lipinski definition) is 6. The normalized spacial score (nSPS) is 14.2. The van der Waals surface area contributed by atoms with Gasteiger partial charge in [0.1, 0.15) is 0 Å². The Morgan fingerprint density at radius 2 is 1.96 bits per heavy atom. The predicted octanol–water partition coefficient (Wildman–Crippen LogP) is 3.54. The highest BCUT2D eigenvalue weighted by molar-refractivity contribution is 5.96. The van der Waals surface area contributed by atoms with E-state index in [0.717, 1.165) is 16.8 Å². The number of aryl methyl sites for hydroxylation is 1. The minimum Gasteiger partial charge on any atom is -0.449 e. The zero-order chi connectivity index (χ0) is 18.8. The molecule has 1 N–H and O–H groups in total. The molecule has 0 aliphatic carbocycles. The summed E-state index contributed by atoms with van der Waals surface area (Å²) in [6, 6.07) is 14.5. The number of carbonyl (C=O) groups excluding carboxylic acids is 2. The van der Waals surface area contributed by atoms with Gasteiger partial charge in [0.25, 0.3) is 5.89 Å². The number of hydrogen-bond donors (Lipinski definition) is 1. The quantitative estimate of drug-likeness (QED) is 0.713. The molecule has 7 heteroatoms. The number of amides is 1. The Morgan fingerprint density at radius 3 is 2.78 bits per heavy atom. The van der Waals surface area contributed by atoms with Gasteiger partial charge in [0.2, 0.25) is 11.8 Å². The molecule has 1 amide bonds. The molecule has 0 spiro atoms. The van der Waals surface area contributed by atoms with E-state index in [0.29, 0.717) is 24.3 Å². The van der Waals surface area contributed by atoms with Crippen LogP contribution in [-0.4, -0.2) is 22.1 Å². The van der Waals surface area contributed by atoms with Gasteiger partial charge in [0.05, 0.1) is 5.56 Å². The van der Waals surface area contributed by atoms with E-state index in [9.17, 15) is 9.59 Å². The van der Waals surface area contributed by atoms with Crippen LogP contribution in [0.2, 0.25) is 0 Å². The fraction of sp³-hybridized carbons (Fsp3) is 0.200. The van der Waals surface area contributed by atoms with E-state index in [4.69, 9.17) is 9.15 Å². The molecule has 1 aliphatic rings. The minimum atomic E-state index is -0.682. The van der Waals surface area contributed by atoms with Gasteiger partial charge in [0.15, 0.2) is 6.10 Å². The fourth-order valence-electron chi connectivity index (χ4n) is 2.89. The highest BCUT2D eigenvalue weighted by atomic mass is 16.6. The van der Waals surface area contributed by atoms with Crippen LogP contribution in [0.15, 0.2) is 52.9 Å². The molecule has 1 aliphatic heterocycles. The van der Waals surface area contributed by atoms with Crippen molar-refractivity contribution in [2.24, 2.45) is 0 Å². The van der Waals surface area contributed by atoms with Gasteiger partial charge in [-0.3, -0.25) is 4.79 Å². The third kappa shape index (κ3) is 3.57. The average molecular weight is 363 g/mol. The smallest absolute Gasteiger partial charge is 0.338 e. The van der Waals surface area contributed by atoms with E-state index >= 15 is 0 Å². The van der Waals surface area contributed by atoms with Crippen molar-refractivity contribution in [1.29, 1.82) is 0 Å². The lowest BCUT2D eigenvalue weighted by Gasteiger charge is -2.17. The summed E-state index contributed by atoms with van der Waals surface area (Å²) in [5.41, 5.74) is 2.87. The van der Waals surface area contributed by atoms with Gasteiger partial charge < -0.3 is 14.5 Å². The Bertz CT molecular complexity index is 997. The third-order valence-electron chi connectivity index (χ3n) is 4.33. The fourth-order valence-corrected chi connectivity index (χ4v) is 2.89. The van der Waals surface area contributed by atoms with E-state index in [-0.39, 0.29) is 11.8 Å². The van der Waals surface area contributed by atoms with Crippen molar-refractivity contribution in [1.82, 2.24) is 10.2 Å². The Morgan fingerprint density at radius 1 is 1.15 bits per heavy atom. The van der Waals surface area contributed by atoms with Crippen LogP contribution in [0.3, 0.4) is 0 Å². The van der Waals surface area contributed by atoms with E-state index < -0.39 is 12.1 Å². The molecular weight excluding hydrogens is 346 g/mol. The first kappa shape index (κ1) is 17.0. The molecule has 1 atom stereocenters. The summed E-state index contributed by atoms with van der Waals surface area (Å²) in [4.78, 5) is 23.9. The summed E-state index contributed by atoms with van der Waals surface area (Å²) >= 11 is 0. The molecule has 7 nitrogen and oxygen atoms in total. The van der Waals surface area contributed by atoms with Crippen molar-refractivity contribution >= 4 is 17.6 Å². The summed E-state index contributed by atoms with van der Waals surface area (Å²) in [5, 5.41) is 10.8. The van der Waals surface area contributed by atoms with Crippen LogP contribution in [0.4, 0.5) is 5.69 Å². The van der Waals surface area contributed by atoms with Crippen molar-refractivity contribution < 1.29 is 18.7 Å². The zero-order valence-corrected chi connectivity index (χ0v) is 14.6. The Hall–Kier alpha value is -3.48. The van der Waals surface area contributed by atoms with Crippen LogP contribution >= 0.6 is 0 Å². The van der Waals surface area contributed by atoms with E-state index in [1.807, 2.05) is 30.3 Å². The van der Waals surface area contributed by atoms with Gasteiger partial charge in [-0.1, -0.05) is 18.2 Å². The van der Waals surface area contributed by atoms with Crippen molar-refractivity contribution in [3.05, 3.63) is 65.5 Å². The molecule has 2 aromatic carbocycles. The van der Waals surface area contributed by atoms with Gasteiger partial charge in [-0.2, -0.15) is 0 Å². The number of nitrogens with one attached hydrogen (secondary N) is 1. The average Bonchev–Trinajstić information content (AvgIpc) is 3.18. The lowest BCUT2D eigenvalue weighted by atomic mass is 10.0. The maximum Gasteiger partial charge on any atom is 0.338 e. The SMILES string of the molecule is CC(OC(=O)c1ccc2c(c1)CCC(=O)N2)c1nnc(-c2ccccc2)o1. The molecule has 1 unspecified atom stereocenters. The number of fused-ring (bicyclic) bond motifs is 1. The topological polar surface area (TPSA) is 94.3 Å². The van der Waals surface area contributed by atoms with Crippen LogP contribution < -0.4 is 5.32 Å². The van der Waals surface area contributed by atoms with Crippen LogP contribution in [0.1, 0.15) is 41.3 Å². The standard InChI is InChI=1S/C20H17N3O4/c1-12(18-22-23-19(27-18)13-5-3-2-4-6-13)26-20(25)15-7-9-16-14(11-15)8-10-17(24)21-16/h2-7,9,11-12H,8,10H2,1H3,(H,21,24). The van der Waals surface area contributed by atoms with E-state index in [1.165, 1.54) is 0 Å². The Kier molecular flexibility index (Phi) is 4.42. The van der Waals surface area contributed by atoms with Crippen molar-refractivity contribution in [2.45, 2.75) is 25.9 Å². The van der Waals surface area contributed by atoms with Crippen LogP contribution in [0, 0.1) is 0 Å². The lowest BCUT2D eigenvalue weighted by Crippen LogP contribution is -2.19. The summed E-state index contributed by atoms with van der Waals surface area (Å²) in [7, 11) is 0. The number of anilines is 1. The number of aromatic nitrogens is 2. The van der Waals surface area contributed by atoms with Crippen molar-refractivity contribution in [3.8, 4) is 11.5 Å². The van der Waals surface area contributed by atoms with Crippen LogP contribution in [0.5, 0.6) is 0 Å². The number of carbonyl (C=O) groups is 2. The molecule has 0 bridgehead atoms. The molecule has 136 valence electrons. The Balaban J connectivity index is 1.47. The molecule has 27 heavy (non-hydrogen) atoms. The second-order valence-electron chi connectivity index (χ2n) is 6.28. The zero-order valence-electron chi connectivity index (χ0n) is 14.6. The highest BCUT2D eigenvalue weighted by Gasteiger charge is 2.22. The summed E-state index contributed by atoms with van der Waals surface area (Å²) in [6.07, 6.45) is 0.326.